The third-order valence-electron chi connectivity index (χ3n) is 2.34. The lowest BCUT2D eigenvalue weighted by Crippen LogP contribution is -2.09. The maximum atomic E-state index is 13.0. The maximum absolute atomic E-state index is 13.0. The van der Waals surface area contributed by atoms with Crippen molar-refractivity contribution in [2.75, 3.05) is 0 Å². The van der Waals surface area contributed by atoms with Gasteiger partial charge < -0.3 is 0 Å². The largest absolute Gasteiger partial charge is 0.247 e. The summed E-state index contributed by atoms with van der Waals surface area (Å²) < 4.78 is 13.0. The SMILES string of the molecule is C=C1CCC(C)C(F)CC1. The summed E-state index contributed by atoms with van der Waals surface area (Å²) in [4.78, 5) is 0. The summed E-state index contributed by atoms with van der Waals surface area (Å²) in [6.45, 7) is 5.87. The van der Waals surface area contributed by atoms with Crippen molar-refractivity contribution in [1.82, 2.24) is 0 Å². The average Bonchev–Trinajstić information content (AvgIpc) is 2.04. The molecule has 1 aliphatic carbocycles. The summed E-state index contributed by atoms with van der Waals surface area (Å²) in [6.07, 6.45) is 3.02. The van der Waals surface area contributed by atoms with Crippen LogP contribution in [0.4, 0.5) is 4.39 Å². The molecule has 0 saturated heterocycles. The molecule has 0 aromatic heterocycles. The molecule has 1 fully saturated rings. The number of halogens is 1. The van der Waals surface area contributed by atoms with Crippen molar-refractivity contribution in [1.29, 1.82) is 0 Å². The summed E-state index contributed by atoms with van der Waals surface area (Å²) in [6, 6.07) is 0. The van der Waals surface area contributed by atoms with E-state index in [1.807, 2.05) is 6.92 Å². The zero-order valence-electron chi connectivity index (χ0n) is 6.57. The smallest absolute Gasteiger partial charge is 0.103 e. The van der Waals surface area contributed by atoms with Gasteiger partial charge in [-0.05, 0) is 31.6 Å². The van der Waals surface area contributed by atoms with E-state index in [4.69, 9.17) is 0 Å². The Morgan fingerprint density at radius 3 is 2.70 bits per heavy atom. The molecule has 58 valence electrons. The van der Waals surface area contributed by atoms with E-state index in [0.29, 0.717) is 6.42 Å². The first-order chi connectivity index (χ1) is 4.70. The van der Waals surface area contributed by atoms with E-state index in [1.54, 1.807) is 0 Å². The monoisotopic (exact) mass is 142 g/mol. The van der Waals surface area contributed by atoms with E-state index in [2.05, 4.69) is 6.58 Å². The zero-order valence-corrected chi connectivity index (χ0v) is 6.57. The summed E-state index contributed by atoms with van der Waals surface area (Å²) in [5.41, 5.74) is 1.23. The van der Waals surface area contributed by atoms with Crippen molar-refractivity contribution in [3.63, 3.8) is 0 Å². The van der Waals surface area contributed by atoms with Gasteiger partial charge in [0.2, 0.25) is 0 Å². The van der Waals surface area contributed by atoms with E-state index in [-0.39, 0.29) is 5.92 Å². The van der Waals surface area contributed by atoms with Crippen LogP contribution < -0.4 is 0 Å². The van der Waals surface area contributed by atoms with Crippen molar-refractivity contribution in [3.05, 3.63) is 12.2 Å². The molecule has 0 bridgehead atoms. The van der Waals surface area contributed by atoms with Gasteiger partial charge in [0.05, 0.1) is 0 Å². The first kappa shape index (κ1) is 7.77. The van der Waals surface area contributed by atoms with Crippen molar-refractivity contribution in [2.45, 2.75) is 38.8 Å². The van der Waals surface area contributed by atoms with Gasteiger partial charge in [-0.25, -0.2) is 4.39 Å². The fourth-order valence-corrected chi connectivity index (χ4v) is 1.36. The van der Waals surface area contributed by atoms with E-state index in [0.717, 1.165) is 19.3 Å². The molecule has 10 heavy (non-hydrogen) atoms. The number of alkyl halides is 1. The molecule has 2 unspecified atom stereocenters. The molecule has 1 saturated carbocycles. The first-order valence-corrected chi connectivity index (χ1v) is 4.01. The number of allylic oxidation sites excluding steroid dienone is 1. The summed E-state index contributed by atoms with van der Waals surface area (Å²) in [5, 5.41) is 0. The molecule has 0 N–H and O–H groups in total. The lowest BCUT2D eigenvalue weighted by molar-refractivity contribution is 0.229. The van der Waals surface area contributed by atoms with Gasteiger partial charge in [0.1, 0.15) is 6.17 Å². The van der Waals surface area contributed by atoms with Gasteiger partial charge >= 0.3 is 0 Å². The highest BCUT2D eigenvalue weighted by atomic mass is 19.1. The average molecular weight is 142 g/mol. The van der Waals surface area contributed by atoms with Crippen LogP contribution in [0.5, 0.6) is 0 Å². The molecule has 0 heterocycles. The van der Waals surface area contributed by atoms with Gasteiger partial charge in [-0.3, -0.25) is 0 Å². The predicted molar refractivity (Wildman–Crippen MR) is 41.7 cm³/mol. The Morgan fingerprint density at radius 1 is 1.40 bits per heavy atom. The third kappa shape index (κ3) is 1.83. The molecule has 2 atom stereocenters. The molecule has 0 radical (unpaired) electrons. The lowest BCUT2D eigenvalue weighted by atomic mass is 10.0. The van der Waals surface area contributed by atoms with Crippen LogP contribution in [0.1, 0.15) is 32.6 Å². The van der Waals surface area contributed by atoms with Crippen LogP contribution in [0, 0.1) is 5.92 Å². The van der Waals surface area contributed by atoms with Crippen molar-refractivity contribution in [3.8, 4) is 0 Å². The van der Waals surface area contributed by atoms with Gasteiger partial charge in [0.15, 0.2) is 0 Å². The van der Waals surface area contributed by atoms with Crippen LogP contribution in [-0.2, 0) is 0 Å². The van der Waals surface area contributed by atoms with Crippen molar-refractivity contribution in [2.24, 2.45) is 5.92 Å². The van der Waals surface area contributed by atoms with Crippen LogP contribution in [0.3, 0.4) is 0 Å². The third-order valence-corrected chi connectivity index (χ3v) is 2.34. The second kappa shape index (κ2) is 3.18. The van der Waals surface area contributed by atoms with Gasteiger partial charge in [0, 0.05) is 0 Å². The summed E-state index contributed by atoms with van der Waals surface area (Å²) >= 11 is 0. The van der Waals surface area contributed by atoms with Crippen molar-refractivity contribution >= 4 is 0 Å². The second-order valence-corrected chi connectivity index (χ2v) is 3.32. The maximum Gasteiger partial charge on any atom is 0.103 e. The molecule has 0 aliphatic heterocycles. The number of hydrogen-bond donors (Lipinski definition) is 0. The highest BCUT2D eigenvalue weighted by Crippen LogP contribution is 2.27. The van der Waals surface area contributed by atoms with Crippen LogP contribution in [-0.4, -0.2) is 6.17 Å². The Morgan fingerprint density at radius 2 is 2.00 bits per heavy atom. The minimum atomic E-state index is -0.584. The molecule has 0 spiro atoms. The molecule has 1 heteroatoms. The van der Waals surface area contributed by atoms with E-state index >= 15 is 0 Å². The highest BCUT2D eigenvalue weighted by molar-refractivity contribution is 4.97. The molecular weight excluding hydrogens is 127 g/mol. The molecule has 0 nitrogen and oxygen atoms in total. The summed E-state index contributed by atoms with van der Waals surface area (Å²) in [5.74, 6) is 0.249. The second-order valence-electron chi connectivity index (χ2n) is 3.32. The van der Waals surface area contributed by atoms with E-state index in [1.165, 1.54) is 5.57 Å². The van der Waals surface area contributed by atoms with Crippen LogP contribution in [0.15, 0.2) is 12.2 Å². The van der Waals surface area contributed by atoms with Crippen LogP contribution in [0.25, 0.3) is 0 Å². The van der Waals surface area contributed by atoms with Gasteiger partial charge in [0.25, 0.3) is 0 Å². The Balaban J connectivity index is 2.46. The zero-order chi connectivity index (χ0) is 7.56. The Labute approximate surface area is 62.1 Å². The first-order valence-electron chi connectivity index (χ1n) is 4.01. The van der Waals surface area contributed by atoms with Crippen LogP contribution >= 0.6 is 0 Å². The van der Waals surface area contributed by atoms with Gasteiger partial charge in [-0.15, -0.1) is 0 Å². The highest BCUT2D eigenvalue weighted by Gasteiger charge is 2.19. The molecule has 1 aliphatic rings. The summed E-state index contributed by atoms with van der Waals surface area (Å²) in [7, 11) is 0. The molecular formula is C9H15F. The van der Waals surface area contributed by atoms with E-state index in [9.17, 15) is 4.39 Å². The fraction of sp³-hybridized carbons (Fsp3) is 0.778. The lowest BCUT2D eigenvalue weighted by Gasteiger charge is -2.10. The van der Waals surface area contributed by atoms with Crippen molar-refractivity contribution < 1.29 is 4.39 Å². The fourth-order valence-electron chi connectivity index (χ4n) is 1.36. The normalized spacial score (nSPS) is 35.6. The predicted octanol–water partition coefficient (Wildman–Crippen LogP) is 3.09. The minimum Gasteiger partial charge on any atom is -0.247 e. The number of hydrogen-bond acceptors (Lipinski definition) is 0. The standard InChI is InChI=1S/C9H15F/c1-7-3-5-8(2)9(10)6-4-7/h8-9H,1,3-6H2,2H3. The van der Waals surface area contributed by atoms with Crippen LogP contribution in [0.2, 0.25) is 0 Å². The van der Waals surface area contributed by atoms with Gasteiger partial charge in [-0.2, -0.15) is 0 Å². The molecule has 1 rings (SSSR count). The minimum absolute atomic E-state index is 0.249. The Bertz CT molecular complexity index is 115. The van der Waals surface area contributed by atoms with E-state index < -0.39 is 6.17 Å². The number of rotatable bonds is 0. The molecule has 0 aromatic carbocycles. The Kier molecular flexibility index (Phi) is 2.47. The molecule has 0 aromatic rings. The molecule has 0 amide bonds. The topological polar surface area (TPSA) is 0 Å². The Hall–Kier alpha value is -0.330. The quantitative estimate of drug-likeness (QED) is 0.360. The van der Waals surface area contributed by atoms with Gasteiger partial charge in [-0.1, -0.05) is 19.1 Å².